The van der Waals surface area contributed by atoms with E-state index in [0.717, 1.165) is 23.0 Å². The Balaban J connectivity index is 1.72. The molecule has 116 valence electrons. The molecular weight excluding hydrogens is 324 g/mol. The summed E-state index contributed by atoms with van der Waals surface area (Å²) in [5, 5.41) is 5.08. The molecule has 23 heavy (non-hydrogen) atoms. The first-order valence-corrected chi connectivity index (χ1v) is 6.97. The lowest BCUT2D eigenvalue weighted by atomic mass is 10.2. The minimum absolute atomic E-state index is 0.310. The fourth-order valence-electron chi connectivity index (χ4n) is 2.04. The quantitative estimate of drug-likeness (QED) is 0.555. The standard InChI is InChI=1S/C16H10ClF2N3O/c17-11-2-4-14-10(6-11)7-15(21-14)16(23)22-20-8-9-1-3-12(18)13(19)5-9/h1-8,21H,(H,22,23)/b20-8+. The Hall–Kier alpha value is -2.73. The summed E-state index contributed by atoms with van der Waals surface area (Å²) in [5.41, 5.74) is 3.71. The van der Waals surface area contributed by atoms with Crippen molar-refractivity contribution in [2.75, 3.05) is 0 Å². The Morgan fingerprint density at radius 1 is 1.13 bits per heavy atom. The van der Waals surface area contributed by atoms with Crippen molar-refractivity contribution >= 4 is 34.6 Å². The summed E-state index contributed by atoms with van der Waals surface area (Å²) in [6.07, 6.45) is 1.22. The lowest BCUT2D eigenvalue weighted by Crippen LogP contribution is -2.17. The van der Waals surface area contributed by atoms with E-state index in [9.17, 15) is 13.6 Å². The maximum Gasteiger partial charge on any atom is 0.287 e. The molecular formula is C16H10ClF2N3O. The van der Waals surface area contributed by atoms with Crippen LogP contribution in [0.25, 0.3) is 10.9 Å². The molecule has 0 unspecified atom stereocenters. The number of carbonyl (C=O) groups is 1. The average Bonchev–Trinajstić information content (AvgIpc) is 2.94. The van der Waals surface area contributed by atoms with Gasteiger partial charge in [-0.15, -0.1) is 0 Å². The van der Waals surface area contributed by atoms with Crippen LogP contribution in [0.1, 0.15) is 16.1 Å². The second-order valence-electron chi connectivity index (χ2n) is 4.79. The summed E-state index contributed by atoms with van der Waals surface area (Å²) < 4.78 is 25.8. The van der Waals surface area contributed by atoms with Gasteiger partial charge in [0.2, 0.25) is 0 Å². The molecule has 2 N–H and O–H groups in total. The summed E-state index contributed by atoms with van der Waals surface area (Å²) in [6.45, 7) is 0. The lowest BCUT2D eigenvalue weighted by Gasteiger charge is -1.97. The van der Waals surface area contributed by atoms with Crippen LogP contribution in [-0.4, -0.2) is 17.1 Å². The second kappa shape index (κ2) is 6.18. The molecule has 1 aromatic heterocycles. The fraction of sp³-hybridized carbons (Fsp3) is 0. The Morgan fingerprint density at radius 3 is 2.74 bits per heavy atom. The van der Waals surface area contributed by atoms with Crippen molar-refractivity contribution < 1.29 is 13.6 Å². The molecule has 2 aromatic carbocycles. The van der Waals surface area contributed by atoms with Gasteiger partial charge in [0.15, 0.2) is 11.6 Å². The van der Waals surface area contributed by atoms with Crippen LogP contribution in [0, 0.1) is 11.6 Å². The van der Waals surface area contributed by atoms with E-state index in [1.165, 1.54) is 12.3 Å². The van der Waals surface area contributed by atoms with Crippen molar-refractivity contribution in [2.24, 2.45) is 5.10 Å². The SMILES string of the molecule is O=C(N/N=C/c1ccc(F)c(F)c1)c1cc2cc(Cl)ccc2[nH]1. The van der Waals surface area contributed by atoms with E-state index in [-0.39, 0.29) is 0 Å². The highest BCUT2D eigenvalue weighted by atomic mass is 35.5. The Morgan fingerprint density at radius 2 is 1.96 bits per heavy atom. The van der Waals surface area contributed by atoms with Gasteiger partial charge in [-0.1, -0.05) is 17.7 Å². The van der Waals surface area contributed by atoms with Crippen molar-refractivity contribution in [2.45, 2.75) is 0 Å². The van der Waals surface area contributed by atoms with Crippen LogP contribution in [0.4, 0.5) is 8.78 Å². The number of aromatic nitrogens is 1. The number of hydrogen-bond donors (Lipinski definition) is 2. The summed E-state index contributed by atoms with van der Waals surface area (Å²) in [5.74, 6) is -2.38. The number of nitrogens with one attached hydrogen (secondary N) is 2. The van der Waals surface area contributed by atoms with Gasteiger partial charge in [0.25, 0.3) is 5.91 Å². The summed E-state index contributed by atoms with van der Waals surface area (Å²) >= 11 is 5.89. The highest BCUT2D eigenvalue weighted by Crippen LogP contribution is 2.20. The number of fused-ring (bicyclic) bond motifs is 1. The van der Waals surface area contributed by atoms with E-state index in [4.69, 9.17) is 11.6 Å². The van der Waals surface area contributed by atoms with Gasteiger partial charge in [-0.3, -0.25) is 4.79 Å². The number of carbonyl (C=O) groups excluding carboxylic acids is 1. The monoisotopic (exact) mass is 333 g/mol. The molecule has 0 radical (unpaired) electrons. The molecule has 0 aliphatic carbocycles. The topological polar surface area (TPSA) is 57.2 Å². The van der Waals surface area contributed by atoms with Crippen molar-refractivity contribution in [3.63, 3.8) is 0 Å². The predicted molar refractivity (Wildman–Crippen MR) is 84.7 cm³/mol. The summed E-state index contributed by atoms with van der Waals surface area (Å²) in [4.78, 5) is 14.9. The maximum atomic E-state index is 13.0. The van der Waals surface area contributed by atoms with E-state index in [2.05, 4.69) is 15.5 Å². The molecule has 1 amide bonds. The number of rotatable bonds is 3. The third kappa shape index (κ3) is 3.37. The number of halogens is 3. The van der Waals surface area contributed by atoms with Gasteiger partial charge in [-0.25, -0.2) is 14.2 Å². The fourth-order valence-corrected chi connectivity index (χ4v) is 2.22. The van der Waals surface area contributed by atoms with Gasteiger partial charge in [0.1, 0.15) is 5.69 Å². The summed E-state index contributed by atoms with van der Waals surface area (Å²) in [6, 6.07) is 10.2. The van der Waals surface area contributed by atoms with Gasteiger partial charge in [0, 0.05) is 15.9 Å². The number of hydrogen-bond acceptors (Lipinski definition) is 2. The Labute approximate surface area is 134 Å². The van der Waals surface area contributed by atoms with E-state index in [1.54, 1.807) is 24.3 Å². The first kappa shape index (κ1) is 15.2. The molecule has 0 aliphatic rings. The molecule has 0 fully saturated rings. The smallest absolute Gasteiger partial charge is 0.287 e. The third-order valence-corrected chi connectivity index (χ3v) is 3.39. The molecule has 0 atom stereocenters. The average molecular weight is 334 g/mol. The van der Waals surface area contributed by atoms with Crippen LogP contribution in [0.2, 0.25) is 5.02 Å². The normalized spacial score (nSPS) is 11.3. The zero-order valence-electron chi connectivity index (χ0n) is 11.6. The molecule has 3 aromatic rings. The predicted octanol–water partition coefficient (Wildman–Crippen LogP) is 3.86. The minimum Gasteiger partial charge on any atom is -0.350 e. The zero-order chi connectivity index (χ0) is 16.4. The van der Waals surface area contributed by atoms with E-state index < -0.39 is 17.5 Å². The molecule has 7 heteroatoms. The van der Waals surface area contributed by atoms with Gasteiger partial charge >= 0.3 is 0 Å². The Kier molecular flexibility index (Phi) is 4.08. The number of benzene rings is 2. The maximum absolute atomic E-state index is 13.0. The zero-order valence-corrected chi connectivity index (χ0v) is 12.4. The highest BCUT2D eigenvalue weighted by Gasteiger charge is 2.09. The van der Waals surface area contributed by atoms with Crippen molar-refractivity contribution in [3.05, 3.63) is 70.4 Å². The van der Waals surface area contributed by atoms with Crippen molar-refractivity contribution in [3.8, 4) is 0 Å². The number of H-pyrrole nitrogens is 1. The lowest BCUT2D eigenvalue weighted by molar-refractivity contribution is 0.0951. The molecule has 3 rings (SSSR count). The molecule has 0 saturated carbocycles. The van der Waals surface area contributed by atoms with Crippen LogP contribution in [0.15, 0.2) is 47.6 Å². The molecule has 0 saturated heterocycles. The minimum atomic E-state index is -0.979. The van der Waals surface area contributed by atoms with Gasteiger partial charge < -0.3 is 4.98 Å². The van der Waals surface area contributed by atoms with Crippen LogP contribution in [-0.2, 0) is 0 Å². The number of amides is 1. The Bertz CT molecular complexity index is 921. The number of nitrogens with zero attached hydrogens (tertiary/aromatic N) is 1. The van der Waals surface area contributed by atoms with E-state index in [1.807, 2.05) is 0 Å². The second-order valence-corrected chi connectivity index (χ2v) is 5.22. The van der Waals surface area contributed by atoms with E-state index in [0.29, 0.717) is 16.3 Å². The van der Waals surface area contributed by atoms with Gasteiger partial charge in [-0.2, -0.15) is 5.10 Å². The molecule has 0 bridgehead atoms. The van der Waals surface area contributed by atoms with Crippen molar-refractivity contribution in [1.82, 2.24) is 10.4 Å². The number of aromatic amines is 1. The first-order valence-electron chi connectivity index (χ1n) is 6.59. The molecule has 1 heterocycles. The molecule has 0 spiro atoms. The van der Waals surface area contributed by atoms with Crippen LogP contribution >= 0.6 is 11.6 Å². The van der Waals surface area contributed by atoms with Crippen LogP contribution in [0.5, 0.6) is 0 Å². The molecule has 4 nitrogen and oxygen atoms in total. The molecule has 0 aliphatic heterocycles. The van der Waals surface area contributed by atoms with Gasteiger partial charge in [-0.05, 0) is 42.0 Å². The number of hydrazone groups is 1. The van der Waals surface area contributed by atoms with Crippen molar-refractivity contribution in [1.29, 1.82) is 0 Å². The van der Waals surface area contributed by atoms with Gasteiger partial charge in [0.05, 0.1) is 6.21 Å². The third-order valence-electron chi connectivity index (χ3n) is 3.15. The first-order chi connectivity index (χ1) is 11.0. The van der Waals surface area contributed by atoms with E-state index >= 15 is 0 Å². The highest BCUT2D eigenvalue weighted by molar-refractivity contribution is 6.31. The van der Waals surface area contributed by atoms with Crippen LogP contribution in [0.3, 0.4) is 0 Å². The van der Waals surface area contributed by atoms with Crippen LogP contribution < -0.4 is 5.43 Å². The summed E-state index contributed by atoms with van der Waals surface area (Å²) in [7, 11) is 0. The largest absolute Gasteiger partial charge is 0.350 e.